The summed E-state index contributed by atoms with van der Waals surface area (Å²) >= 11 is 1.45. The second-order valence-electron chi connectivity index (χ2n) is 9.63. The normalized spacial score (nSPS) is 14.1. The van der Waals surface area contributed by atoms with Gasteiger partial charge in [-0.1, -0.05) is 56.3 Å². The van der Waals surface area contributed by atoms with Gasteiger partial charge in [0.2, 0.25) is 17.7 Å². The Balaban J connectivity index is 2.31. The SMILES string of the molecule is CSCCC(NC(=O)C(Cc1ccc(O)cc1)NC(=O)C(Cc1ccccc1)NC(=O)C(N)C(C)C)C(=O)O. The van der Waals surface area contributed by atoms with E-state index in [-0.39, 0.29) is 30.9 Å². The predicted octanol–water partition coefficient (Wildman–Crippen LogP) is 1.45. The average molecular weight is 559 g/mol. The number of amides is 3. The van der Waals surface area contributed by atoms with E-state index in [2.05, 4.69) is 16.0 Å². The van der Waals surface area contributed by atoms with Gasteiger partial charge in [-0.3, -0.25) is 14.4 Å². The number of carboxylic acids is 1. The highest BCUT2D eigenvalue weighted by atomic mass is 32.2. The first-order chi connectivity index (χ1) is 18.5. The summed E-state index contributed by atoms with van der Waals surface area (Å²) in [5.74, 6) is -2.56. The molecule has 2 aromatic rings. The molecule has 0 heterocycles. The van der Waals surface area contributed by atoms with Gasteiger partial charge in [0, 0.05) is 12.8 Å². The summed E-state index contributed by atoms with van der Waals surface area (Å²) < 4.78 is 0. The topological polar surface area (TPSA) is 171 Å². The van der Waals surface area contributed by atoms with Crippen LogP contribution >= 0.6 is 11.8 Å². The molecule has 212 valence electrons. The number of nitrogens with one attached hydrogen (secondary N) is 3. The van der Waals surface area contributed by atoms with E-state index in [0.29, 0.717) is 11.3 Å². The van der Waals surface area contributed by atoms with Gasteiger partial charge in [-0.25, -0.2) is 4.79 Å². The third kappa shape index (κ3) is 10.6. The van der Waals surface area contributed by atoms with Gasteiger partial charge in [-0.05, 0) is 47.6 Å². The minimum atomic E-state index is -1.18. The molecule has 0 bridgehead atoms. The van der Waals surface area contributed by atoms with E-state index in [1.165, 1.54) is 23.9 Å². The first kappa shape index (κ1) is 31.6. The second-order valence-corrected chi connectivity index (χ2v) is 10.6. The fraction of sp³-hybridized carbons (Fsp3) is 0.429. The molecule has 7 N–H and O–H groups in total. The Morgan fingerprint density at radius 1 is 0.795 bits per heavy atom. The van der Waals surface area contributed by atoms with Gasteiger partial charge in [0.15, 0.2) is 0 Å². The maximum atomic E-state index is 13.5. The molecule has 0 aliphatic carbocycles. The quantitative estimate of drug-likeness (QED) is 0.191. The number of carboxylic acid groups (broad SMARTS) is 1. The van der Waals surface area contributed by atoms with E-state index in [9.17, 15) is 29.4 Å². The van der Waals surface area contributed by atoms with Gasteiger partial charge in [0.05, 0.1) is 6.04 Å². The number of hydrogen-bond donors (Lipinski definition) is 6. The van der Waals surface area contributed by atoms with Gasteiger partial charge in [-0.2, -0.15) is 11.8 Å². The van der Waals surface area contributed by atoms with Crippen molar-refractivity contribution in [1.82, 2.24) is 16.0 Å². The largest absolute Gasteiger partial charge is 0.508 e. The second kappa shape index (κ2) is 15.7. The van der Waals surface area contributed by atoms with Crippen LogP contribution in [0.1, 0.15) is 31.4 Å². The van der Waals surface area contributed by atoms with Crippen LogP contribution in [0.4, 0.5) is 0 Å². The summed E-state index contributed by atoms with van der Waals surface area (Å²) in [6.45, 7) is 3.59. The summed E-state index contributed by atoms with van der Waals surface area (Å²) in [6.07, 6.45) is 2.23. The van der Waals surface area contributed by atoms with Crippen molar-refractivity contribution in [2.24, 2.45) is 11.7 Å². The number of thioether (sulfide) groups is 1. The summed E-state index contributed by atoms with van der Waals surface area (Å²) in [5.41, 5.74) is 7.43. The zero-order chi connectivity index (χ0) is 28.9. The van der Waals surface area contributed by atoms with Crippen LogP contribution in [0.15, 0.2) is 54.6 Å². The lowest BCUT2D eigenvalue weighted by Crippen LogP contribution is -2.58. The molecule has 0 aromatic heterocycles. The number of phenolic OH excluding ortho intramolecular Hbond substituents is 1. The van der Waals surface area contributed by atoms with E-state index in [1.807, 2.05) is 36.6 Å². The number of nitrogens with two attached hydrogens (primary N) is 1. The lowest BCUT2D eigenvalue weighted by molar-refractivity contribution is -0.142. The van der Waals surface area contributed by atoms with E-state index < -0.39 is 47.9 Å². The van der Waals surface area contributed by atoms with Gasteiger partial charge in [0.1, 0.15) is 23.9 Å². The van der Waals surface area contributed by atoms with E-state index in [4.69, 9.17) is 5.73 Å². The highest BCUT2D eigenvalue weighted by Crippen LogP contribution is 2.13. The lowest BCUT2D eigenvalue weighted by atomic mass is 10.0. The minimum absolute atomic E-state index is 0.0320. The molecule has 0 aliphatic rings. The monoisotopic (exact) mass is 558 g/mol. The average Bonchev–Trinajstić information content (AvgIpc) is 2.91. The fourth-order valence-electron chi connectivity index (χ4n) is 3.74. The Morgan fingerprint density at radius 2 is 1.28 bits per heavy atom. The van der Waals surface area contributed by atoms with Crippen molar-refractivity contribution in [1.29, 1.82) is 0 Å². The van der Waals surface area contributed by atoms with E-state index >= 15 is 0 Å². The number of aromatic hydroxyl groups is 1. The molecule has 39 heavy (non-hydrogen) atoms. The van der Waals surface area contributed by atoms with Gasteiger partial charge >= 0.3 is 5.97 Å². The van der Waals surface area contributed by atoms with Crippen LogP contribution in [0.5, 0.6) is 5.75 Å². The van der Waals surface area contributed by atoms with Crippen LogP contribution in [0.25, 0.3) is 0 Å². The third-order valence-corrected chi connectivity index (χ3v) is 6.81. The number of carbonyl (C=O) groups excluding carboxylic acids is 3. The standard InChI is InChI=1S/C28H38N4O6S/c1-17(2)24(29)27(36)32-23(15-18-7-5-4-6-8-18)26(35)31-22(16-19-9-11-20(33)12-10-19)25(34)30-21(28(37)38)13-14-39-3/h4-12,17,21-24,33H,13-16,29H2,1-3H3,(H,30,34)(H,31,35)(H,32,36)(H,37,38). The Kier molecular flexibility index (Phi) is 12.8. The highest BCUT2D eigenvalue weighted by Gasteiger charge is 2.31. The Hall–Kier alpha value is -3.57. The molecule has 2 aromatic carbocycles. The summed E-state index contributed by atoms with van der Waals surface area (Å²) in [4.78, 5) is 51.3. The number of rotatable bonds is 15. The van der Waals surface area contributed by atoms with Crippen molar-refractivity contribution in [2.45, 2.75) is 57.3 Å². The smallest absolute Gasteiger partial charge is 0.326 e. The van der Waals surface area contributed by atoms with Crippen molar-refractivity contribution in [2.75, 3.05) is 12.0 Å². The minimum Gasteiger partial charge on any atom is -0.508 e. The number of carbonyl (C=O) groups is 4. The molecule has 0 saturated carbocycles. The zero-order valence-electron chi connectivity index (χ0n) is 22.4. The number of hydrogen-bond acceptors (Lipinski definition) is 7. The molecule has 0 aliphatic heterocycles. The zero-order valence-corrected chi connectivity index (χ0v) is 23.2. The van der Waals surface area contributed by atoms with Crippen LogP contribution in [0.3, 0.4) is 0 Å². The van der Waals surface area contributed by atoms with Gasteiger partial charge in [-0.15, -0.1) is 0 Å². The van der Waals surface area contributed by atoms with Crippen LogP contribution in [-0.4, -0.2) is 70.1 Å². The Bertz CT molecular complexity index is 1100. The van der Waals surface area contributed by atoms with Crippen LogP contribution in [0.2, 0.25) is 0 Å². The molecule has 2 rings (SSSR count). The molecule has 4 unspecified atom stereocenters. The van der Waals surface area contributed by atoms with Crippen molar-refractivity contribution < 1.29 is 29.4 Å². The summed E-state index contributed by atoms with van der Waals surface area (Å²) in [6, 6.07) is 11.1. The van der Waals surface area contributed by atoms with Gasteiger partial charge < -0.3 is 31.9 Å². The first-order valence-electron chi connectivity index (χ1n) is 12.7. The highest BCUT2D eigenvalue weighted by molar-refractivity contribution is 7.98. The maximum absolute atomic E-state index is 13.5. The molecular formula is C28H38N4O6S. The van der Waals surface area contributed by atoms with Crippen LogP contribution in [0, 0.1) is 5.92 Å². The van der Waals surface area contributed by atoms with Crippen molar-refractivity contribution in [3.05, 3.63) is 65.7 Å². The maximum Gasteiger partial charge on any atom is 0.326 e. The molecule has 0 spiro atoms. The summed E-state index contributed by atoms with van der Waals surface area (Å²) in [7, 11) is 0. The molecule has 11 heteroatoms. The van der Waals surface area contributed by atoms with E-state index in [1.54, 1.807) is 26.0 Å². The van der Waals surface area contributed by atoms with Crippen molar-refractivity contribution in [3.63, 3.8) is 0 Å². The third-order valence-electron chi connectivity index (χ3n) is 6.17. The van der Waals surface area contributed by atoms with Crippen molar-refractivity contribution >= 4 is 35.5 Å². The Labute approximate surface area is 233 Å². The Morgan fingerprint density at radius 3 is 1.77 bits per heavy atom. The lowest BCUT2D eigenvalue weighted by Gasteiger charge is -2.26. The fourth-order valence-corrected chi connectivity index (χ4v) is 4.22. The molecule has 0 fully saturated rings. The first-order valence-corrected chi connectivity index (χ1v) is 14.1. The molecule has 0 radical (unpaired) electrons. The van der Waals surface area contributed by atoms with E-state index in [0.717, 1.165) is 5.56 Å². The molecule has 0 saturated heterocycles. The molecule has 4 atom stereocenters. The van der Waals surface area contributed by atoms with Crippen LogP contribution < -0.4 is 21.7 Å². The number of phenols is 1. The van der Waals surface area contributed by atoms with Crippen molar-refractivity contribution in [3.8, 4) is 5.75 Å². The van der Waals surface area contributed by atoms with Gasteiger partial charge in [0.25, 0.3) is 0 Å². The predicted molar refractivity (Wildman–Crippen MR) is 151 cm³/mol. The molecule has 3 amide bonds. The summed E-state index contributed by atoms with van der Waals surface area (Å²) in [5, 5.41) is 27.2. The molecular weight excluding hydrogens is 520 g/mol. The molecule has 10 nitrogen and oxygen atoms in total. The van der Waals surface area contributed by atoms with Crippen LogP contribution in [-0.2, 0) is 32.0 Å². The number of aliphatic carboxylic acids is 1. The number of benzene rings is 2.